The van der Waals surface area contributed by atoms with Crippen LogP contribution in [-0.2, 0) is 9.59 Å². The van der Waals surface area contributed by atoms with Crippen molar-refractivity contribution in [1.29, 1.82) is 0 Å². The van der Waals surface area contributed by atoms with Gasteiger partial charge in [0.05, 0.1) is 0 Å². The molecular formula is C15H18F2N2O2. The van der Waals surface area contributed by atoms with E-state index in [2.05, 4.69) is 5.32 Å². The maximum atomic E-state index is 14.2. The summed E-state index contributed by atoms with van der Waals surface area (Å²) in [5.74, 6) is -2.61. The highest BCUT2D eigenvalue weighted by atomic mass is 19.1. The lowest BCUT2D eigenvalue weighted by molar-refractivity contribution is -0.133. The maximum absolute atomic E-state index is 14.2. The standard InChI is InChI=1S/C15H18F2N2O2/c1-8-5-6-9(16)12(11(8)17)19-7-10(20)18-13(14(19)21)15(2,3)4/h5-6,13H,7H2,1-4H3,(H,18,20). The molecule has 1 aliphatic rings. The number of benzene rings is 1. The molecule has 1 aromatic carbocycles. The fourth-order valence-electron chi connectivity index (χ4n) is 2.31. The molecule has 21 heavy (non-hydrogen) atoms. The average Bonchev–Trinajstić information content (AvgIpc) is 2.36. The molecule has 1 aliphatic heterocycles. The Morgan fingerprint density at radius 3 is 2.43 bits per heavy atom. The number of hydrogen-bond acceptors (Lipinski definition) is 2. The number of hydrogen-bond donors (Lipinski definition) is 1. The van der Waals surface area contributed by atoms with Gasteiger partial charge in [0.15, 0.2) is 5.82 Å². The van der Waals surface area contributed by atoms with Crippen LogP contribution in [0.4, 0.5) is 14.5 Å². The van der Waals surface area contributed by atoms with Crippen LogP contribution < -0.4 is 10.2 Å². The van der Waals surface area contributed by atoms with Gasteiger partial charge in [0, 0.05) is 0 Å². The molecule has 0 aromatic heterocycles. The quantitative estimate of drug-likeness (QED) is 0.863. The number of carbonyl (C=O) groups excluding carboxylic acids is 2. The second-order valence-corrected chi connectivity index (χ2v) is 6.32. The normalized spacial score (nSPS) is 19.7. The van der Waals surface area contributed by atoms with Crippen molar-refractivity contribution in [2.24, 2.45) is 5.41 Å². The summed E-state index contributed by atoms with van der Waals surface area (Å²) in [5.41, 5.74) is -0.788. The molecule has 2 rings (SSSR count). The van der Waals surface area contributed by atoms with Gasteiger partial charge in [0.25, 0.3) is 5.91 Å². The van der Waals surface area contributed by atoms with Crippen molar-refractivity contribution in [3.8, 4) is 0 Å². The first-order valence-electron chi connectivity index (χ1n) is 6.68. The molecule has 1 N–H and O–H groups in total. The van der Waals surface area contributed by atoms with Gasteiger partial charge >= 0.3 is 0 Å². The first-order valence-corrected chi connectivity index (χ1v) is 6.68. The van der Waals surface area contributed by atoms with Crippen LogP contribution in [0.2, 0.25) is 0 Å². The molecule has 0 aliphatic carbocycles. The van der Waals surface area contributed by atoms with E-state index in [1.165, 1.54) is 13.0 Å². The molecule has 0 spiro atoms. The van der Waals surface area contributed by atoms with Gasteiger partial charge in [-0.05, 0) is 24.0 Å². The number of nitrogens with one attached hydrogen (secondary N) is 1. The number of piperazine rings is 1. The molecule has 6 heteroatoms. The Kier molecular flexibility index (Phi) is 3.74. The van der Waals surface area contributed by atoms with Gasteiger partial charge in [-0.1, -0.05) is 26.8 Å². The summed E-state index contributed by atoms with van der Waals surface area (Å²) in [4.78, 5) is 25.2. The fourth-order valence-corrected chi connectivity index (χ4v) is 2.31. The number of nitrogens with zero attached hydrogens (tertiary/aromatic N) is 1. The van der Waals surface area contributed by atoms with Crippen molar-refractivity contribution in [3.63, 3.8) is 0 Å². The smallest absolute Gasteiger partial charge is 0.250 e. The predicted molar refractivity (Wildman–Crippen MR) is 74.8 cm³/mol. The first-order chi connectivity index (χ1) is 9.62. The Bertz CT molecular complexity index is 608. The zero-order chi connectivity index (χ0) is 15.9. The highest BCUT2D eigenvalue weighted by Crippen LogP contribution is 2.30. The van der Waals surface area contributed by atoms with E-state index >= 15 is 0 Å². The Hall–Kier alpha value is -1.98. The first kappa shape index (κ1) is 15.4. The predicted octanol–water partition coefficient (Wildman–Crippen LogP) is 2.15. The largest absolute Gasteiger partial charge is 0.342 e. The Morgan fingerprint density at radius 1 is 1.24 bits per heavy atom. The van der Waals surface area contributed by atoms with Gasteiger partial charge in [-0.25, -0.2) is 8.78 Å². The van der Waals surface area contributed by atoms with Crippen molar-refractivity contribution in [3.05, 3.63) is 29.3 Å². The van der Waals surface area contributed by atoms with Crippen LogP contribution in [0.25, 0.3) is 0 Å². The van der Waals surface area contributed by atoms with Gasteiger partial charge in [-0.3, -0.25) is 14.5 Å². The van der Waals surface area contributed by atoms with Gasteiger partial charge in [-0.15, -0.1) is 0 Å². The van der Waals surface area contributed by atoms with Gasteiger partial charge in [-0.2, -0.15) is 0 Å². The van der Waals surface area contributed by atoms with Crippen molar-refractivity contribution < 1.29 is 18.4 Å². The molecule has 1 aromatic rings. The minimum atomic E-state index is -0.853. The van der Waals surface area contributed by atoms with Crippen LogP contribution in [0.3, 0.4) is 0 Å². The summed E-state index contributed by atoms with van der Waals surface area (Å²) in [7, 11) is 0. The number of halogens is 2. The molecule has 2 amide bonds. The van der Waals surface area contributed by atoms with E-state index in [4.69, 9.17) is 0 Å². The number of amides is 2. The fraction of sp³-hybridized carbons (Fsp3) is 0.467. The lowest BCUT2D eigenvalue weighted by atomic mass is 9.84. The number of carbonyl (C=O) groups is 2. The molecular weight excluding hydrogens is 278 g/mol. The van der Waals surface area contributed by atoms with Crippen LogP contribution in [0.1, 0.15) is 26.3 Å². The highest BCUT2D eigenvalue weighted by Gasteiger charge is 2.42. The second-order valence-electron chi connectivity index (χ2n) is 6.32. The summed E-state index contributed by atoms with van der Waals surface area (Å²) in [6.07, 6.45) is 0. The SMILES string of the molecule is Cc1ccc(F)c(N2CC(=O)NC(C(C)(C)C)C2=O)c1F. The van der Waals surface area contributed by atoms with Gasteiger partial charge < -0.3 is 5.32 Å². The zero-order valence-corrected chi connectivity index (χ0v) is 12.5. The van der Waals surface area contributed by atoms with Crippen molar-refractivity contribution >= 4 is 17.5 Å². The summed E-state index contributed by atoms with van der Waals surface area (Å²) in [6, 6.07) is 1.57. The Labute approximate surface area is 122 Å². The Morgan fingerprint density at radius 2 is 1.86 bits per heavy atom. The molecule has 114 valence electrons. The van der Waals surface area contributed by atoms with E-state index in [1.54, 1.807) is 20.8 Å². The third kappa shape index (κ3) is 2.75. The van der Waals surface area contributed by atoms with E-state index < -0.39 is 40.6 Å². The monoisotopic (exact) mass is 296 g/mol. The van der Waals surface area contributed by atoms with Gasteiger partial charge in [0.2, 0.25) is 5.91 Å². The second kappa shape index (κ2) is 5.09. The van der Waals surface area contributed by atoms with Crippen molar-refractivity contribution in [2.45, 2.75) is 33.7 Å². The number of anilines is 1. The number of rotatable bonds is 1. The van der Waals surface area contributed by atoms with E-state index in [-0.39, 0.29) is 12.1 Å². The van der Waals surface area contributed by atoms with Crippen molar-refractivity contribution in [1.82, 2.24) is 5.32 Å². The van der Waals surface area contributed by atoms with Gasteiger partial charge in [0.1, 0.15) is 24.1 Å². The van der Waals surface area contributed by atoms with E-state index in [9.17, 15) is 18.4 Å². The minimum Gasteiger partial charge on any atom is -0.342 e. The summed E-state index contributed by atoms with van der Waals surface area (Å²) < 4.78 is 28.2. The Balaban J connectivity index is 2.51. The molecule has 0 saturated carbocycles. The lowest BCUT2D eigenvalue weighted by Crippen LogP contribution is -2.62. The lowest BCUT2D eigenvalue weighted by Gasteiger charge is -2.39. The summed E-state index contributed by atoms with van der Waals surface area (Å²) in [5, 5.41) is 2.58. The highest BCUT2D eigenvalue weighted by molar-refractivity contribution is 6.07. The van der Waals surface area contributed by atoms with Crippen molar-refractivity contribution in [2.75, 3.05) is 11.4 Å². The third-order valence-corrected chi connectivity index (χ3v) is 3.52. The topological polar surface area (TPSA) is 49.4 Å². The van der Waals surface area contributed by atoms with E-state index in [1.807, 2.05) is 0 Å². The summed E-state index contributed by atoms with van der Waals surface area (Å²) >= 11 is 0. The maximum Gasteiger partial charge on any atom is 0.250 e. The zero-order valence-electron chi connectivity index (χ0n) is 12.5. The molecule has 1 heterocycles. The van der Waals surface area contributed by atoms with Crippen LogP contribution in [0.5, 0.6) is 0 Å². The molecule has 1 atom stereocenters. The average molecular weight is 296 g/mol. The van der Waals surface area contributed by atoms with Crippen LogP contribution in [0, 0.1) is 24.0 Å². The third-order valence-electron chi connectivity index (χ3n) is 3.52. The van der Waals surface area contributed by atoms with Crippen LogP contribution >= 0.6 is 0 Å². The van der Waals surface area contributed by atoms with E-state index in [0.717, 1.165) is 11.0 Å². The number of aryl methyl sites for hydroxylation is 1. The molecule has 1 fully saturated rings. The molecule has 1 unspecified atom stereocenters. The van der Waals surface area contributed by atoms with Crippen LogP contribution in [-0.4, -0.2) is 24.4 Å². The molecule has 0 radical (unpaired) electrons. The minimum absolute atomic E-state index is 0.220. The summed E-state index contributed by atoms with van der Waals surface area (Å²) in [6.45, 7) is 6.43. The molecule has 4 nitrogen and oxygen atoms in total. The van der Waals surface area contributed by atoms with E-state index in [0.29, 0.717) is 0 Å². The van der Waals surface area contributed by atoms with Crippen LogP contribution in [0.15, 0.2) is 12.1 Å². The molecule has 1 saturated heterocycles. The molecule has 0 bridgehead atoms.